The van der Waals surface area contributed by atoms with Crippen molar-refractivity contribution in [2.45, 2.75) is 43.1 Å². The molecule has 1 aliphatic heterocycles. The Hall–Kier alpha value is -0.910. The van der Waals surface area contributed by atoms with Gasteiger partial charge in [-0.3, -0.25) is 4.79 Å². The molecule has 1 amide bonds. The SMILES string of the molecule is NC1(C(=O)NCC2(c3cccc(Br)c3)CCC2)CCOCC1. The molecule has 120 valence electrons. The van der Waals surface area contributed by atoms with Gasteiger partial charge < -0.3 is 15.8 Å². The van der Waals surface area contributed by atoms with Crippen LogP contribution in [0, 0.1) is 0 Å². The third-order valence-corrected chi connectivity index (χ3v) is 5.67. The highest BCUT2D eigenvalue weighted by Gasteiger charge is 2.41. The normalized spacial score (nSPS) is 22.6. The Morgan fingerprint density at radius 3 is 2.59 bits per heavy atom. The first kappa shape index (κ1) is 16.0. The molecule has 1 aromatic rings. The van der Waals surface area contributed by atoms with Crippen LogP contribution in [0.5, 0.6) is 0 Å². The number of nitrogens with one attached hydrogen (secondary N) is 1. The molecule has 3 N–H and O–H groups in total. The Bertz CT molecular complexity index is 551. The Labute approximate surface area is 139 Å². The van der Waals surface area contributed by atoms with Crippen LogP contribution in [0.4, 0.5) is 0 Å². The predicted octanol–water partition coefficient (Wildman–Crippen LogP) is 2.49. The topological polar surface area (TPSA) is 64.4 Å². The van der Waals surface area contributed by atoms with Crippen LogP contribution >= 0.6 is 15.9 Å². The highest BCUT2D eigenvalue weighted by molar-refractivity contribution is 9.10. The van der Waals surface area contributed by atoms with Gasteiger partial charge >= 0.3 is 0 Å². The van der Waals surface area contributed by atoms with Crippen LogP contribution in [-0.2, 0) is 14.9 Å². The quantitative estimate of drug-likeness (QED) is 0.860. The van der Waals surface area contributed by atoms with Crippen molar-refractivity contribution in [1.82, 2.24) is 5.32 Å². The summed E-state index contributed by atoms with van der Waals surface area (Å²) in [4.78, 5) is 12.5. The summed E-state index contributed by atoms with van der Waals surface area (Å²) in [7, 11) is 0. The number of hydrogen-bond donors (Lipinski definition) is 2. The molecule has 0 radical (unpaired) electrons. The number of carbonyl (C=O) groups excluding carboxylic acids is 1. The van der Waals surface area contributed by atoms with Gasteiger partial charge in [0.05, 0.1) is 5.54 Å². The van der Waals surface area contributed by atoms with Crippen molar-refractivity contribution in [2.24, 2.45) is 5.73 Å². The minimum absolute atomic E-state index is 0.0305. The van der Waals surface area contributed by atoms with E-state index in [1.807, 2.05) is 6.07 Å². The third kappa shape index (κ3) is 3.07. The molecule has 5 heteroatoms. The summed E-state index contributed by atoms with van der Waals surface area (Å²) in [6, 6.07) is 8.41. The lowest BCUT2D eigenvalue weighted by Crippen LogP contribution is -2.59. The van der Waals surface area contributed by atoms with Gasteiger partial charge in [0, 0.05) is 29.6 Å². The van der Waals surface area contributed by atoms with Crippen molar-refractivity contribution >= 4 is 21.8 Å². The zero-order chi connectivity index (χ0) is 15.6. The van der Waals surface area contributed by atoms with Crippen molar-refractivity contribution in [3.63, 3.8) is 0 Å². The van der Waals surface area contributed by atoms with Crippen molar-refractivity contribution < 1.29 is 9.53 Å². The van der Waals surface area contributed by atoms with E-state index in [4.69, 9.17) is 10.5 Å². The van der Waals surface area contributed by atoms with Gasteiger partial charge in [-0.15, -0.1) is 0 Å². The van der Waals surface area contributed by atoms with Gasteiger partial charge in [0.2, 0.25) is 5.91 Å². The van der Waals surface area contributed by atoms with Crippen LogP contribution in [0.3, 0.4) is 0 Å². The number of nitrogens with two attached hydrogens (primary N) is 1. The molecule has 22 heavy (non-hydrogen) atoms. The second kappa shape index (κ2) is 6.30. The largest absolute Gasteiger partial charge is 0.381 e. The third-order valence-electron chi connectivity index (χ3n) is 5.17. The minimum atomic E-state index is -0.763. The maximum Gasteiger partial charge on any atom is 0.240 e. The fourth-order valence-electron chi connectivity index (χ4n) is 3.38. The molecule has 4 nitrogen and oxygen atoms in total. The van der Waals surface area contributed by atoms with E-state index in [1.165, 1.54) is 12.0 Å². The van der Waals surface area contributed by atoms with Crippen LogP contribution in [0.15, 0.2) is 28.7 Å². The number of benzene rings is 1. The maximum absolute atomic E-state index is 12.5. The molecule has 2 fully saturated rings. The standard InChI is InChI=1S/C17H23BrN2O2/c18-14-4-1-3-13(11-14)16(5-2-6-16)12-20-15(21)17(19)7-9-22-10-8-17/h1,3-4,11H,2,5-10,12,19H2,(H,20,21). The highest BCUT2D eigenvalue weighted by atomic mass is 79.9. The van der Waals surface area contributed by atoms with Crippen molar-refractivity contribution in [3.8, 4) is 0 Å². The molecular formula is C17H23BrN2O2. The van der Waals surface area contributed by atoms with Gasteiger partial charge in [-0.2, -0.15) is 0 Å². The summed E-state index contributed by atoms with van der Waals surface area (Å²) >= 11 is 3.54. The van der Waals surface area contributed by atoms with Crippen LogP contribution in [0.2, 0.25) is 0 Å². The van der Waals surface area contributed by atoms with E-state index < -0.39 is 5.54 Å². The van der Waals surface area contributed by atoms with E-state index in [9.17, 15) is 4.79 Å². The number of amides is 1. The molecule has 0 atom stereocenters. The Morgan fingerprint density at radius 1 is 1.27 bits per heavy atom. The fraction of sp³-hybridized carbons (Fsp3) is 0.588. The molecule has 0 aromatic heterocycles. The van der Waals surface area contributed by atoms with E-state index >= 15 is 0 Å². The summed E-state index contributed by atoms with van der Waals surface area (Å²) in [5, 5.41) is 3.12. The molecular weight excluding hydrogens is 344 g/mol. The van der Waals surface area contributed by atoms with E-state index in [2.05, 4.69) is 39.4 Å². The van der Waals surface area contributed by atoms with Gasteiger partial charge in [-0.25, -0.2) is 0 Å². The van der Waals surface area contributed by atoms with E-state index in [0.29, 0.717) is 32.6 Å². The maximum atomic E-state index is 12.5. The van der Waals surface area contributed by atoms with Crippen molar-refractivity contribution in [2.75, 3.05) is 19.8 Å². The molecule has 1 heterocycles. The molecule has 0 unspecified atom stereocenters. The Balaban J connectivity index is 1.67. The fourth-order valence-corrected chi connectivity index (χ4v) is 3.78. The summed E-state index contributed by atoms with van der Waals surface area (Å²) in [5.41, 5.74) is 6.86. The number of halogens is 1. The second-order valence-electron chi connectivity index (χ2n) is 6.60. The van der Waals surface area contributed by atoms with Crippen LogP contribution < -0.4 is 11.1 Å². The summed E-state index contributed by atoms with van der Waals surface area (Å²) < 4.78 is 6.40. The zero-order valence-corrected chi connectivity index (χ0v) is 14.3. The molecule has 1 saturated carbocycles. The van der Waals surface area contributed by atoms with Crippen LogP contribution in [0.1, 0.15) is 37.7 Å². The number of ether oxygens (including phenoxy) is 1. The van der Waals surface area contributed by atoms with Crippen molar-refractivity contribution in [1.29, 1.82) is 0 Å². The van der Waals surface area contributed by atoms with Gasteiger partial charge in [-0.05, 0) is 43.4 Å². The summed E-state index contributed by atoms with van der Waals surface area (Å²) in [6.07, 6.45) is 4.64. The lowest BCUT2D eigenvalue weighted by molar-refractivity contribution is -0.130. The first-order valence-electron chi connectivity index (χ1n) is 7.95. The van der Waals surface area contributed by atoms with E-state index in [0.717, 1.165) is 17.3 Å². The molecule has 1 aromatic carbocycles. The van der Waals surface area contributed by atoms with Gasteiger partial charge in [0.25, 0.3) is 0 Å². The Kier molecular flexibility index (Phi) is 4.57. The highest BCUT2D eigenvalue weighted by Crippen LogP contribution is 2.43. The van der Waals surface area contributed by atoms with Crippen molar-refractivity contribution in [3.05, 3.63) is 34.3 Å². The summed E-state index contributed by atoms with van der Waals surface area (Å²) in [6.45, 7) is 1.81. The Morgan fingerprint density at radius 2 is 2.00 bits per heavy atom. The zero-order valence-electron chi connectivity index (χ0n) is 12.7. The number of hydrogen-bond acceptors (Lipinski definition) is 3. The van der Waals surface area contributed by atoms with Gasteiger partial charge in [-0.1, -0.05) is 34.5 Å². The summed E-state index contributed by atoms with van der Waals surface area (Å²) in [5.74, 6) is -0.0305. The first-order valence-corrected chi connectivity index (χ1v) is 8.74. The second-order valence-corrected chi connectivity index (χ2v) is 7.51. The van der Waals surface area contributed by atoms with Crippen LogP contribution in [-0.4, -0.2) is 31.2 Å². The lowest BCUT2D eigenvalue weighted by atomic mass is 9.64. The monoisotopic (exact) mass is 366 g/mol. The lowest BCUT2D eigenvalue weighted by Gasteiger charge is -2.43. The molecule has 0 spiro atoms. The predicted molar refractivity (Wildman–Crippen MR) is 89.7 cm³/mol. The molecule has 3 rings (SSSR count). The number of carbonyl (C=O) groups is 1. The van der Waals surface area contributed by atoms with Gasteiger partial charge in [0.1, 0.15) is 0 Å². The minimum Gasteiger partial charge on any atom is -0.381 e. The molecule has 1 aliphatic carbocycles. The van der Waals surface area contributed by atoms with E-state index in [-0.39, 0.29) is 11.3 Å². The smallest absolute Gasteiger partial charge is 0.240 e. The first-order chi connectivity index (χ1) is 10.5. The number of rotatable bonds is 4. The molecule has 2 aliphatic rings. The average molecular weight is 367 g/mol. The molecule has 1 saturated heterocycles. The molecule has 0 bridgehead atoms. The van der Waals surface area contributed by atoms with E-state index in [1.54, 1.807) is 0 Å². The average Bonchev–Trinajstić information content (AvgIpc) is 2.47. The van der Waals surface area contributed by atoms with Gasteiger partial charge in [0.15, 0.2) is 0 Å². The van der Waals surface area contributed by atoms with Crippen LogP contribution in [0.25, 0.3) is 0 Å².